The Kier molecular flexibility index (Phi) is 7.04. The van der Waals surface area contributed by atoms with Crippen molar-refractivity contribution in [3.8, 4) is 34.0 Å². The van der Waals surface area contributed by atoms with E-state index in [9.17, 15) is 0 Å². The number of ether oxygens (including phenoxy) is 1. The number of imidazole rings is 2. The second-order valence-corrected chi connectivity index (χ2v) is 12.4. The first-order valence-electron chi connectivity index (χ1n) is 16.3. The van der Waals surface area contributed by atoms with E-state index in [0.717, 1.165) is 88.7 Å². The molecule has 0 fully saturated rings. The minimum atomic E-state index is 0. The van der Waals surface area contributed by atoms with Crippen molar-refractivity contribution in [2.75, 3.05) is 0 Å². The number of aromatic nitrogens is 5. The fourth-order valence-electron chi connectivity index (χ4n) is 7.20. The number of pyridine rings is 3. The maximum atomic E-state index is 6.56. The van der Waals surface area contributed by atoms with Crippen LogP contribution in [0.4, 0.5) is 0 Å². The van der Waals surface area contributed by atoms with Crippen LogP contribution in [-0.4, -0.2) is 23.8 Å². The van der Waals surface area contributed by atoms with Gasteiger partial charge in [0.2, 0.25) is 0 Å². The first-order valence-corrected chi connectivity index (χ1v) is 16.3. The van der Waals surface area contributed by atoms with E-state index in [1.807, 2.05) is 48.7 Å². The predicted molar refractivity (Wildman–Crippen MR) is 196 cm³/mol. The normalized spacial score (nSPS) is 11.6. The molecule has 0 unspecified atom stereocenters. The Hall–Kier alpha value is -5.84. The maximum absolute atomic E-state index is 6.56. The number of hydrogen-bond acceptors (Lipinski definition) is 4. The molecule has 0 saturated heterocycles. The van der Waals surface area contributed by atoms with Crippen LogP contribution in [0.15, 0.2) is 128 Å². The van der Waals surface area contributed by atoms with Crippen molar-refractivity contribution in [2.24, 2.45) is 0 Å². The van der Waals surface area contributed by atoms with Crippen molar-refractivity contribution in [1.29, 1.82) is 0 Å². The topological polar surface area (TPSA) is 56.7 Å². The molecule has 0 radical (unpaired) electrons. The van der Waals surface area contributed by atoms with E-state index in [0.29, 0.717) is 11.5 Å². The molecule has 0 bridgehead atoms. The molecule has 0 aliphatic rings. The number of benzene rings is 5. The van der Waals surface area contributed by atoms with Crippen LogP contribution in [0, 0.1) is 26.0 Å². The molecule has 0 atom stereocenters. The van der Waals surface area contributed by atoms with Crippen molar-refractivity contribution >= 4 is 54.8 Å². The van der Waals surface area contributed by atoms with Crippen molar-refractivity contribution in [3.63, 3.8) is 0 Å². The van der Waals surface area contributed by atoms with Crippen LogP contribution in [0.3, 0.4) is 0 Å². The van der Waals surface area contributed by atoms with Gasteiger partial charge in [-0.05, 0) is 36.8 Å². The SMILES string of the molecule is Cc1nc2c3[c-]c(Oc4[c-]c5c(cc4)c4cccnc4n4c(-c6ccccc6)c(-c6ccccc6)nc54)ccc3c3ccccc3n2c1C.[Pt+2]. The molecule has 10 rings (SSSR count). The standard InChI is InChI=1S/C43H27N5O.Pt/c1-26-27(2)47-38-18-10-9-16-34(38)32-21-19-30(24-36(32)42(47)45-26)49-31-20-22-33-35-17-11-23-44-41(35)48-40(29-14-7-4-8-15-29)39(28-12-5-3-6-13-28)46-43(48)37(33)25-31;/h3-23H,1-2H3;/q-2;+2. The Morgan fingerprint density at radius 2 is 1.14 bits per heavy atom. The summed E-state index contributed by atoms with van der Waals surface area (Å²) in [6.07, 6.45) is 1.84. The molecule has 5 aromatic carbocycles. The molecular weight excluding hydrogens is 798 g/mol. The Labute approximate surface area is 301 Å². The average Bonchev–Trinajstić information content (AvgIpc) is 3.71. The molecule has 0 spiro atoms. The van der Waals surface area contributed by atoms with E-state index < -0.39 is 0 Å². The summed E-state index contributed by atoms with van der Waals surface area (Å²) >= 11 is 0. The fraction of sp³-hybridized carbons (Fsp3) is 0.0465. The summed E-state index contributed by atoms with van der Waals surface area (Å²) in [6, 6.07) is 48.5. The van der Waals surface area contributed by atoms with E-state index >= 15 is 0 Å². The van der Waals surface area contributed by atoms with Crippen molar-refractivity contribution < 1.29 is 25.8 Å². The summed E-state index contributed by atoms with van der Waals surface area (Å²) < 4.78 is 10.9. The quantitative estimate of drug-likeness (QED) is 0.131. The monoisotopic (exact) mass is 824 g/mol. The number of fused-ring (bicyclic) bond motifs is 12. The smallest absolute Gasteiger partial charge is 0.497 e. The summed E-state index contributed by atoms with van der Waals surface area (Å²) in [6.45, 7) is 4.16. The fourth-order valence-corrected chi connectivity index (χ4v) is 7.20. The Morgan fingerprint density at radius 3 is 1.86 bits per heavy atom. The molecule has 0 aliphatic heterocycles. The molecular formula is C43H27N5OPt. The maximum Gasteiger partial charge on any atom is 2.00 e. The molecule has 0 N–H and O–H groups in total. The zero-order valence-corrected chi connectivity index (χ0v) is 29.4. The number of para-hydroxylation sites is 1. The Bertz CT molecular complexity index is 2930. The largest absolute Gasteiger partial charge is 2.00 e. The van der Waals surface area contributed by atoms with E-state index in [-0.39, 0.29) is 21.1 Å². The second kappa shape index (κ2) is 11.6. The molecule has 7 heteroatoms. The molecule has 10 aromatic rings. The van der Waals surface area contributed by atoms with Gasteiger partial charge in [0.15, 0.2) is 0 Å². The molecule has 0 aliphatic carbocycles. The van der Waals surface area contributed by atoms with Gasteiger partial charge < -0.3 is 13.5 Å². The van der Waals surface area contributed by atoms with E-state index in [1.54, 1.807) is 0 Å². The summed E-state index contributed by atoms with van der Waals surface area (Å²) in [5.74, 6) is 1.17. The van der Waals surface area contributed by atoms with Gasteiger partial charge in [-0.15, -0.1) is 12.1 Å². The van der Waals surface area contributed by atoms with Crippen LogP contribution in [0.1, 0.15) is 11.4 Å². The van der Waals surface area contributed by atoms with Gasteiger partial charge >= 0.3 is 21.1 Å². The third-order valence-corrected chi connectivity index (χ3v) is 9.55. The number of rotatable bonds is 4. The van der Waals surface area contributed by atoms with Crippen LogP contribution in [0.25, 0.3) is 77.3 Å². The Morgan fingerprint density at radius 1 is 0.540 bits per heavy atom. The Balaban J connectivity index is 0.00000336. The zero-order valence-electron chi connectivity index (χ0n) is 27.1. The van der Waals surface area contributed by atoms with Crippen LogP contribution in [-0.2, 0) is 21.1 Å². The zero-order chi connectivity index (χ0) is 32.6. The van der Waals surface area contributed by atoms with Crippen molar-refractivity contribution in [1.82, 2.24) is 23.8 Å². The van der Waals surface area contributed by atoms with Crippen molar-refractivity contribution in [2.45, 2.75) is 13.8 Å². The van der Waals surface area contributed by atoms with Crippen LogP contribution >= 0.6 is 0 Å². The summed E-state index contributed by atoms with van der Waals surface area (Å²) in [5, 5.41) is 6.02. The summed E-state index contributed by atoms with van der Waals surface area (Å²) in [7, 11) is 0. The molecule has 5 aromatic heterocycles. The first-order chi connectivity index (χ1) is 24.1. The van der Waals surface area contributed by atoms with E-state index in [1.165, 1.54) is 0 Å². The minimum absolute atomic E-state index is 0. The van der Waals surface area contributed by atoms with Crippen LogP contribution in [0.2, 0.25) is 0 Å². The van der Waals surface area contributed by atoms with Crippen LogP contribution < -0.4 is 4.74 Å². The van der Waals surface area contributed by atoms with Gasteiger partial charge in [0.05, 0.1) is 22.7 Å². The van der Waals surface area contributed by atoms with E-state index in [2.05, 4.69) is 114 Å². The third-order valence-electron chi connectivity index (χ3n) is 9.55. The molecule has 240 valence electrons. The summed E-state index contributed by atoms with van der Waals surface area (Å²) in [5.41, 5.74) is 9.67. The number of aryl methyl sites for hydroxylation is 2. The van der Waals surface area contributed by atoms with Gasteiger partial charge in [0.1, 0.15) is 5.65 Å². The second-order valence-electron chi connectivity index (χ2n) is 12.4. The van der Waals surface area contributed by atoms with E-state index in [4.69, 9.17) is 19.7 Å². The van der Waals surface area contributed by atoms with Gasteiger partial charge in [0.25, 0.3) is 0 Å². The molecule has 5 heterocycles. The van der Waals surface area contributed by atoms with Gasteiger partial charge in [0, 0.05) is 45.7 Å². The van der Waals surface area contributed by atoms with Gasteiger partial charge in [-0.1, -0.05) is 131 Å². The predicted octanol–water partition coefficient (Wildman–Crippen LogP) is 10.3. The molecule has 0 saturated carbocycles. The molecule has 50 heavy (non-hydrogen) atoms. The van der Waals surface area contributed by atoms with Gasteiger partial charge in [-0.3, -0.25) is 9.97 Å². The number of nitrogens with zero attached hydrogens (tertiary/aromatic N) is 5. The molecule has 6 nitrogen and oxygen atoms in total. The van der Waals surface area contributed by atoms with Gasteiger partial charge in [-0.2, -0.15) is 0 Å². The number of hydrogen-bond donors (Lipinski definition) is 0. The van der Waals surface area contributed by atoms with Gasteiger partial charge in [-0.25, -0.2) is 4.98 Å². The summed E-state index contributed by atoms with van der Waals surface area (Å²) in [4.78, 5) is 15.2. The third kappa shape index (κ3) is 4.49. The van der Waals surface area contributed by atoms with Crippen molar-refractivity contribution in [3.05, 3.63) is 151 Å². The average molecular weight is 825 g/mol. The van der Waals surface area contributed by atoms with Crippen LogP contribution in [0.5, 0.6) is 11.5 Å². The minimum Gasteiger partial charge on any atom is -0.497 e. The first kappa shape index (κ1) is 30.2. The molecule has 0 amide bonds.